The van der Waals surface area contributed by atoms with Gasteiger partial charge < -0.3 is 10.2 Å². The minimum Gasteiger partial charge on any atom is -0.390 e. The Morgan fingerprint density at radius 2 is 1.94 bits per heavy atom. The van der Waals surface area contributed by atoms with Crippen LogP contribution in [0, 0.1) is 0 Å². The number of hydrogen-bond acceptors (Lipinski definition) is 3. The molecule has 0 saturated heterocycles. The predicted octanol–water partition coefficient (Wildman–Crippen LogP) is 1.32. The number of ketones is 1. The summed E-state index contributed by atoms with van der Waals surface area (Å²) < 4.78 is 0. The molecule has 0 spiro atoms. The highest BCUT2D eigenvalue weighted by molar-refractivity contribution is 5.84. The van der Waals surface area contributed by atoms with Gasteiger partial charge in [-0.25, -0.2) is 0 Å². The van der Waals surface area contributed by atoms with Gasteiger partial charge in [0.1, 0.15) is 5.60 Å². The molecule has 0 bridgehead atoms. The molecule has 2 N–H and O–H groups in total. The lowest BCUT2D eigenvalue weighted by Gasteiger charge is -2.26. The fourth-order valence-corrected chi connectivity index (χ4v) is 1.46. The maximum absolute atomic E-state index is 11.1. The summed E-state index contributed by atoms with van der Waals surface area (Å²) in [7, 11) is 0. The van der Waals surface area contributed by atoms with Gasteiger partial charge in [-0.2, -0.15) is 0 Å². The van der Waals surface area contributed by atoms with Gasteiger partial charge in [0.05, 0.1) is 6.10 Å². The number of aryl methyl sites for hydroxylation is 1. The first-order valence-electron chi connectivity index (χ1n) is 5.40. The van der Waals surface area contributed by atoms with Crippen molar-refractivity contribution in [2.24, 2.45) is 0 Å². The summed E-state index contributed by atoms with van der Waals surface area (Å²) in [6.45, 7) is 2.64. The molecule has 0 aliphatic carbocycles. The molecule has 0 aliphatic rings. The Labute approximate surface area is 95.7 Å². The Hall–Kier alpha value is -1.19. The van der Waals surface area contributed by atoms with Gasteiger partial charge in [-0.05, 0) is 32.3 Å². The van der Waals surface area contributed by atoms with Crippen LogP contribution in [0.2, 0.25) is 0 Å². The number of carbonyl (C=O) groups is 1. The Morgan fingerprint density at radius 3 is 2.44 bits per heavy atom. The van der Waals surface area contributed by atoms with E-state index in [2.05, 4.69) is 0 Å². The van der Waals surface area contributed by atoms with Gasteiger partial charge in [-0.1, -0.05) is 30.3 Å². The molecule has 1 aromatic carbocycles. The number of carbonyl (C=O) groups excluding carboxylic acids is 1. The van der Waals surface area contributed by atoms with Gasteiger partial charge in [0.15, 0.2) is 5.78 Å². The molecule has 3 nitrogen and oxygen atoms in total. The number of aliphatic hydroxyl groups excluding tert-OH is 1. The summed E-state index contributed by atoms with van der Waals surface area (Å²) >= 11 is 0. The third-order valence-electron chi connectivity index (χ3n) is 2.91. The number of rotatable bonds is 5. The Bertz CT molecular complexity index is 343. The molecule has 0 aliphatic heterocycles. The van der Waals surface area contributed by atoms with Gasteiger partial charge in [-0.3, -0.25) is 4.79 Å². The van der Waals surface area contributed by atoms with Gasteiger partial charge in [0, 0.05) is 0 Å². The monoisotopic (exact) mass is 222 g/mol. The lowest BCUT2D eigenvalue weighted by atomic mass is 9.90. The van der Waals surface area contributed by atoms with Crippen molar-refractivity contribution in [2.75, 3.05) is 0 Å². The largest absolute Gasteiger partial charge is 0.390 e. The van der Waals surface area contributed by atoms with E-state index < -0.39 is 17.5 Å². The molecule has 16 heavy (non-hydrogen) atoms. The van der Waals surface area contributed by atoms with Crippen LogP contribution in [0.3, 0.4) is 0 Å². The standard InChI is InChI=1S/C13H18O3/c1-10(14)13(2,16)12(15)9-8-11-6-4-3-5-7-11/h3-7,12,15-16H,8-9H2,1-2H3/t12-,13+/m1/s1. The highest BCUT2D eigenvalue weighted by Gasteiger charge is 2.34. The second-order valence-electron chi connectivity index (χ2n) is 4.24. The summed E-state index contributed by atoms with van der Waals surface area (Å²) in [5, 5.41) is 19.5. The first-order chi connectivity index (χ1) is 7.44. The van der Waals surface area contributed by atoms with Gasteiger partial charge >= 0.3 is 0 Å². The molecular formula is C13H18O3. The zero-order chi connectivity index (χ0) is 12.2. The Balaban J connectivity index is 2.53. The van der Waals surface area contributed by atoms with Crippen molar-refractivity contribution in [3.63, 3.8) is 0 Å². The minimum absolute atomic E-state index is 0.372. The molecule has 3 heteroatoms. The van der Waals surface area contributed by atoms with Gasteiger partial charge in [0.2, 0.25) is 0 Å². The quantitative estimate of drug-likeness (QED) is 0.790. The van der Waals surface area contributed by atoms with E-state index in [1.807, 2.05) is 30.3 Å². The zero-order valence-electron chi connectivity index (χ0n) is 9.68. The lowest BCUT2D eigenvalue weighted by Crippen LogP contribution is -2.45. The summed E-state index contributed by atoms with van der Waals surface area (Å²) in [6, 6.07) is 9.67. The van der Waals surface area contributed by atoms with Crippen LogP contribution in [0.15, 0.2) is 30.3 Å². The van der Waals surface area contributed by atoms with E-state index >= 15 is 0 Å². The fraction of sp³-hybridized carbons (Fsp3) is 0.462. The molecule has 1 rings (SSSR count). The van der Waals surface area contributed by atoms with Crippen molar-refractivity contribution in [3.8, 4) is 0 Å². The summed E-state index contributed by atoms with van der Waals surface area (Å²) in [5.41, 5.74) is -0.560. The normalized spacial score (nSPS) is 16.5. The molecule has 0 radical (unpaired) electrons. The predicted molar refractivity (Wildman–Crippen MR) is 62.1 cm³/mol. The Morgan fingerprint density at radius 1 is 1.38 bits per heavy atom. The van der Waals surface area contributed by atoms with E-state index in [-0.39, 0.29) is 0 Å². The van der Waals surface area contributed by atoms with Crippen molar-refractivity contribution < 1.29 is 15.0 Å². The van der Waals surface area contributed by atoms with Crippen LogP contribution in [0.25, 0.3) is 0 Å². The molecule has 0 fully saturated rings. The average Bonchev–Trinajstić information content (AvgIpc) is 2.27. The number of benzene rings is 1. The highest BCUT2D eigenvalue weighted by Crippen LogP contribution is 2.16. The van der Waals surface area contributed by atoms with Crippen molar-refractivity contribution in [2.45, 2.75) is 38.4 Å². The third-order valence-corrected chi connectivity index (χ3v) is 2.91. The van der Waals surface area contributed by atoms with E-state index in [1.54, 1.807) is 0 Å². The molecule has 0 unspecified atom stereocenters. The van der Waals surface area contributed by atoms with Crippen molar-refractivity contribution in [1.29, 1.82) is 0 Å². The first kappa shape index (κ1) is 12.9. The van der Waals surface area contributed by atoms with Crippen LogP contribution in [-0.4, -0.2) is 27.7 Å². The van der Waals surface area contributed by atoms with Crippen LogP contribution >= 0.6 is 0 Å². The fourth-order valence-electron chi connectivity index (χ4n) is 1.46. The van der Waals surface area contributed by atoms with Gasteiger partial charge in [-0.15, -0.1) is 0 Å². The number of hydrogen-bond donors (Lipinski definition) is 2. The van der Waals surface area contributed by atoms with E-state index in [4.69, 9.17) is 0 Å². The topological polar surface area (TPSA) is 57.5 Å². The van der Waals surface area contributed by atoms with Crippen LogP contribution in [-0.2, 0) is 11.2 Å². The summed E-state index contributed by atoms with van der Waals surface area (Å²) in [4.78, 5) is 11.1. The molecular weight excluding hydrogens is 204 g/mol. The van der Waals surface area contributed by atoms with Crippen molar-refractivity contribution >= 4 is 5.78 Å². The van der Waals surface area contributed by atoms with Crippen LogP contribution in [0.1, 0.15) is 25.8 Å². The van der Waals surface area contributed by atoms with Crippen LogP contribution < -0.4 is 0 Å². The lowest BCUT2D eigenvalue weighted by molar-refractivity contribution is -0.145. The van der Waals surface area contributed by atoms with E-state index in [9.17, 15) is 15.0 Å². The Kier molecular flexibility index (Phi) is 4.21. The second-order valence-corrected chi connectivity index (χ2v) is 4.24. The molecule has 0 saturated carbocycles. The molecule has 0 heterocycles. The minimum atomic E-state index is -1.64. The summed E-state index contributed by atoms with van der Waals surface area (Å²) in [6.07, 6.45) is -0.00705. The first-order valence-corrected chi connectivity index (χ1v) is 5.40. The van der Waals surface area contributed by atoms with Gasteiger partial charge in [0.25, 0.3) is 0 Å². The maximum Gasteiger partial charge on any atom is 0.163 e. The number of aliphatic hydroxyl groups is 2. The molecule has 0 amide bonds. The number of Topliss-reactive ketones (excluding diaryl/α,β-unsaturated/α-hetero) is 1. The smallest absolute Gasteiger partial charge is 0.163 e. The molecule has 2 atom stereocenters. The van der Waals surface area contributed by atoms with Crippen LogP contribution in [0.4, 0.5) is 0 Å². The zero-order valence-corrected chi connectivity index (χ0v) is 9.68. The average molecular weight is 222 g/mol. The summed E-state index contributed by atoms with van der Waals surface area (Å²) in [5.74, 6) is -0.409. The second kappa shape index (κ2) is 5.23. The maximum atomic E-state index is 11.1. The molecule has 88 valence electrons. The van der Waals surface area contributed by atoms with Crippen LogP contribution in [0.5, 0.6) is 0 Å². The van der Waals surface area contributed by atoms with Crippen molar-refractivity contribution in [1.82, 2.24) is 0 Å². The van der Waals surface area contributed by atoms with E-state index in [0.29, 0.717) is 12.8 Å². The SMILES string of the molecule is CC(=O)[C@](C)(O)[C@H](O)CCc1ccccc1. The van der Waals surface area contributed by atoms with Crippen molar-refractivity contribution in [3.05, 3.63) is 35.9 Å². The van der Waals surface area contributed by atoms with E-state index in [0.717, 1.165) is 5.56 Å². The van der Waals surface area contributed by atoms with E-state index in [1.165, 1.54) is 13.8 Å². The molecule has 0 aromatic heterocycles. The molecule has 1 aromatic rings. The third kappa shape index (κ3) is 3.15. The highest BCUT2D eigenvalue weighted by atomic mass is 16.3.